The molecule has 0 saturated heterocycles. The van der Waals surface area contributed by atoms with Gasteiger partial charge in [-0.2, -0.15) is 0 Å². The van der Waals surface area contributed by atoms with Gasteiger partial charge in [-0.05, 0) is 5.54 Å². The average Bonchev–Trinajstić information content (AvgIpc) is 1.83. The second-order valence-corrected chi connectivity index (χ2v) is 18.4. The van der Waals surface area contributed by atoms with Gasteiger partial charge < -0.3 is 5.40 Å². The van der Waals surface area contributed by atoms with E-state index in [4.69, 9.17) is 5.40 Å². The van der Waals surface area contributed by atoms with Crippen LogP contribution in [0.4, 0.5) is 0 Å². The molecule has 0 aliphatic rings. The summed E-state index contributed by atoms with van der Waals surface area (Å²) in [5, 5.41) is 6.21. The highest BCUT2D eigenvalue weighted by Gasteiger charge is 2.28. The average molecular weight is 175 g/mol. The number of hydrogen-bond donors (Lipinski definition) is 1. The van der Waals surface area contributed by atoms with Crippen LogP contribution in [0, 0.1) is 0 Å². The smallest absolute Gasteiger partial charge is 0.0988 e. The Balaban J connectivity index is 3.94. The second kappa shape index (κ2) is 3.69. The van der Waals surface area contributed by atoms with Crippen LogP contribution >= 0.6 is 0 Å². The van der Waals surface area contributed by atoms with Gasteiger partial charge in [0.25, 0.3) is 0 Å². The first-order valence-corrected chi connectivity index (χ1v) is 10.8. The Labute approximate surface area is 67.5 Å². The molecule has 0 aromatic rings. The van der Waals surface area contributed by atoms with E-state index in [-0.39, 0.29) is 0 Å². The van der Waals surface area contributed by atoms with Gasteiger partial charge in [-0.1, -0.05) is 39.9 Å². The number of nitrogens with two attached hydrogens (primary N) is 1. The molecule has 0 radical (unpaired) electrons. The SMILES string of the molecule is CCC(C)[SiH](N)[Si](C)(C)C. The molecule has 62 valence electrons. The van der Waals surface area contributed by atoms with Crippen LogP contribution in [-0.2, 0) is 0 Å². The van der Waals surface area contributed by atoms with E-state index in [1.165, 1.54) is 6.42 Å². The van der Waals surface area contributed by atoms with Crippen LogP contribution in [0.2, 0.25) is 25.2 Å². The first-order valence-electron chi connectivity index (χ1n) is 4.15. The van der Waals surface area contributed by atoms with E-state index >= 15 is 0 Å². The lowest BCUT2D eigenvalue weighted by Crippen LogP contribution is -2.52. The summed E-state index contributed by atoms with van der Waals surface area (Å²) in [5.41, 5.74) is 0.840. The third-order valence-electron chi connectivity index (χ3n) is 2.26. The van der Waals surface area contributed by atoms with Gasteiger partial charge in [0.1, 0.15) is 0 Å². The quantitative estimate of drug-likeness (QED) is 0.651. The predicted molar refractivity (Wildman–Crippen MR) is 54.4 cm³/mol. The van der Waals surface area contributed by atoms with Gasteiger partial charge in [-0.3, -0.25) is 0 Å². The Bertz CT molecular complexity index is 98.3. The number of rotatable bonds is 3. The van der Waals surface area contributed by atoms with E-state index < -0.39 is 16.1 Å². The lowest BCUT2D eigenvalue weighted by atomic mass is 10.4. The van der Waals surface area contributed by atoms with E-state index in [0.717, 1.165) is 5.54 Å². The molecular formula is C7H21NSi2. The molecule has 0 spiro atoms. The minimum absolute atomic E-state index is 0.840. The zero-order valence-corrected chi connectivity index (χ0v) is 10.1. The molecule has 0 fully saturated rings. The third kappa shape index (κ3) is 2.99. The highest BCUT2D eigenvalue weighted by Crippen LogP contribution is 2.17. The van der Waals surface area contributed by atoms with Crippen molar-refractivity contribution in [1.29, 1.82) is 0 Å². The lowest BCUT2D eigenvalue weighted by Gasteiger charge is -2.27. The Morgan fingerprint density at radius 3 is 1.90 bits per heavy atom. The van der Waals surface area contributed by atoms with E-state index in [2.05, 4.69) is 33.5 Å². The molecule has 0 aliphatic carbocycles. The Kier molecular flexibility index (Phi) is 3.83. The summed E-state index contributed by atoms with van der Waals surface area (Å²) in [7, 11) is -1.77. The molecule has 2 atom stereocenters. The summed E-state index contributed by atoms with van der Waals surface area (Å²) < 4.78 is 0. The van der Waals surface area contributed by atoms with Gasteiger partial charge in [0, 0.05) is 0 Å². The zero-order valence-electron chi connectivity index (χ0n) is 7.94. The summed E-state index contributed by atoms with van der Waals surface area (Å²) in [6, 6.07) is 0. The van der Waals surface area contributed by atoms with Crippen LogP contribution in [0.25, 0.3) is 0 Å². The molecule has 2 unspecified atom stereocenters. The molecule has 3 heteroatoms. The maximum atomic E-state index is 6.21. The summed E-state index contributed by atoms with van der Waals surface area (Å²) >= 11 is 0. The number of hydrogen-bond acceptors (Lipinski definition) is 1. The lowest BCUT2D eigenvalue weighted by molar-refractivity contribution is 0.861. The zero-order chi connectivity index (χ0) is 8.36. The minimum Gasteiger partial charge on any atom is -0.355 e. The maximum absolute atomic E-state index is 6.21. The van der Waals surface area contributed by atoms with Gasteiger partial charge in [0.15, 0.2) is 0 Å². The standard InChI is InChI=1S/C7H21NSi2/c1-6-7(2)9(8)10(3,4)5/h7,9H,6,8H2,1-5H3. The minimum atomic E-state index is -0.928. The van der Waals surface area contributed by atoms with Crippen molar-refractivity contribution in [2.45, 2.75) is 45.5 Å². The molecule has 1 nitrogen and oxygen atoms in total. The van der Waals surface area contributed by atoms with Crippen LogP contribution < -0.4 is 5.40 Å². The van der Waals surface area contributed by atoms with Crippen LogP contribution in [0.1, 0.15) is 20.3 Å². The highest BCUT2D eigenvalue weighted by molar-refractivity contribution is 7.31. The van der Waals surface area contributed by atoms with Crippen molar-refractivity contribution in [1.82, 2.24) is 0 Å². The van der Waals surface area contributed by atoms with E-state index in [1.54, 1.807) is 0 Å². The third-order valence-corrected chi connectivity index (χ3v) is 13.7. The van der Waals surface area contributed by atoms with Gasteiger partial charge in [-0.25, -0.2) is 0 Å². The van der Waals surface area contributed by atoms with Crippen LogP contribution in [0.15, 0.2) is 0 Å². The molecule has 0 bridgehead atoms. The van der Waals surface area contributed by atoms with Gasteiger partial charge in [0.05, 0.1) is 16.1 Å². The molecular weight excluding hydrogens is 154 g/mol. The fourth-order valence-electron chi connectivity index (χ4n) is 1.11. The monoisotopic (exact) mass is 175 g/mol. The molecule has 0 aromatic carbocycles. The Morgan fingerprint density at radius 1 is 1.40 bits per heavy atom. The van der Waals surface area contributed by atoms with Crippen LogP contribution in [0.5, 0.6) is 0 Å². The Morgan fingerprint density at radius 2 is 1.80 bits per heavy atom. The van der Waals surface area contributed by atoms with Gasteiger partial charge in [-0.15, -0.1) is 0 Å². The summed E-state index contributed by atoms with van der Waals surface area (Å²) in [4.78, 5) is 0. The fourth-order valence-corrected chi connectivity index (χ4v) is 9.15. The molecule has 0 saturated carbocycles. The first kappa shape index (κ1) is 10.4. The molecule has 0 rings (SSSR count). The normalized spacial score (nSPS) is 18.6. The van der Waals surface area contributed by atoms with E-state index in [0.29, 0.717) is 0 Å². The van der Waals surface area contributed by atoms with Gasteiger partial charge >= 0.3 is 0 Å². The van der Waals surface area contributed by atoms with Crippen molar-refractivity contribution < 1.29 is 0 Å². The molecule has 0 aromatic heterocycles. The molecule has 0 aliphatic heterocycles. The molecule has 10 heavy (non-hydrogen) atoms. The summed E-state index contributed by atoms with van der Waals surface area (Å²) in [5.74, 6) is 0. The summed E-state index contributed by atoms with van der Waals surface area (Å²) in [6.07, 6.45) is 1.28. The molecule has 0 heterocycles. The second-order valence-electron chi connectivity index (χ2n) is 4.28. The summed E-state index contributed by atoms with van der Waals surface area (Å²) in [6.45, 7) is 11.8. The van der Waals surface area contributed by atoms with Crippen LogP contribution in [0.3, 0.4) is 0 Å². The van der Waals surface area contributed by atoms with Crippen molar-refractivity contribution >= 4 is 16.1 Å². The van der Waals surface area contributed by atoms with Crippen molar-refractivity contribution in [2.75, 3.05) is 0 Å². The van der Waals surface area contributed by atoms with Crippen molar-refractivity contribution in [3.8, 4) is 0 Å². The van der Waals surface area contributed by atoms with Crippen molar-refractivity contribution in [3.05, 3.63) is 0 Å². The maximum Gasteiger partial charge on any atom is 0.0988 e. The van der Waals surface area contributed by atoms with E-state index in [1.807, 2.05) is 0 Å². The Hall–Kier alpha value is 0.394. The van der Waals surface area contributed by atoms with Crippen LogP contribution in [-0.4, -0.2) is 16.1 Å². The van der Waals surface area contributed by atoms with E-state index in [9.17, 15) is 0 Å². The van der Waals surface area contributed by atoms with Gasteiger partial charge in [0.2, 0.25) is 0 Å². The highest BCUT2D eigenvalue weighted by atomic mass is 29.2. The largest absolute Gasteiger partial charge is 0.355 e. The van der Waals surface area contributed by atoms with Crippen molar-refractivity contribution in [2.24, 2.45) is 5.40 Å². The predicted octanol–water partition coefficient (Wildman–Crippen LogP) is 1.89. The van der Waals surface area contributed by atoms with Crippen molar-refractivity contribution in [3.63, 3.8) is 0 Å². The fraction of sp³-hybridized carbons (Fsp3) is 1.00. The topological polar surface area (TPSA) is 26.0 Å². The molecule has 0 amide bonds. The first-order chi connectivity index (χ1) is 4.39. The molecule has 2 N–H and O–H groups in total.